The number of hydrogen-bond acceptors (Lipinski definition) is 4. The van der Waals surface area contributed by atoms with Crippen molar-refractivity contribution < 1.29 is 0 Å². The van der Waals surface area contributed by atoms with E-state index < -0.39 is 0 Å². The predicted molar refractivity (Wildman–Crippen MR) is 99.7 cm³/mol. The molecule has 5 rings (SSSR count). The molecule has 5 heteroatoms. The zero-order chi connectivity index (χ0) is 16.8. The predicted octanol–water partition coefficient (Wildman–Crippen LogP) is 3.71. The van der Waals surface area contributed by atoms with Crippen LogP contribution in [0.15, 0.2) is 48.9 Å². The zero-order valence-electron chi connectivity index (χ0n) is 14.1. The van der Waals surface area contributed by atoms with Gasteiger partial charge in [0.1, 0.15) is 5.82 Å². The van der Waals surface area contributed by atoms with Crippen LogP contribution in [0.25, 0.3) is 21.8 Å². The minimum absolute atomic E-state index is 0.388. The Kier molecular flexibility index (Phi) is 3.20. The number of imidazole rings is 1. The number of benzene rings is 1. The Morgan fingerprint density at radius 1 is 1.04 bits per heavy atom. The molecule has 4 heterocycles. The molecule has 124 valence electrons. The number of nitrogens with one attached hydrogen (secondary N) is 1. The second-order valence-electron chi connectivity index (χ2n) is 6.70. The van der Waals surface area contributed by atoms with Crippen molar-refractivity contribution in [3.63, 3.8) is 0 Å². The molecule has 1 unspecified atom stereocenters. The molecule has 0 saturated carbocycles. The number of aromatic nitrogens is 4. The molecule has 1 aromatic carbocycles. The average molecular weight is 329 g/mol. The molecule has 1 atom stereocenters. The third-order valence-electron chi connectivity index (χ3n) is 5.11. The van der Waals surface area contributed by atoms with Crippen LogP contribution in [0.3, 0.4) is 0 Å². The molecule has 3 aromatic heterocycles. The quantitative estimate of drug-likeness (QED) is 0.570. The molecule has 0 amide bonds. The minimum atomic E-state index is 0.388. The van der Waals surface area contributed by atoms with Crippen molar-refractivity contribution in [1.82, 2.24) is 19.5 Å². The van der Waals surface area contributed by atoms with E-state index in [0.29, 0.717) is 6.04 Å². The first kappa shape index (κ1) is 14.4. The van der Waals surface area contributed by atoms with Gasteiger partial charge in [-0.2, -0.15) is 0 Å². The van der Waals surface area contributed by atoms with Crippen LogP contribution in [0.5, 0.6) is 0 Å². The molecule has 0 saturated heterocycles. The van der Waals surface area contributed by atoms with Gasteiger partial charge < -0.3 is 9.88 Å². The maximum Gasteiger partial charge on any atom is 0.110 e. The highest BCUT2D eigenvalue weighted by atomic mass is 15.1. The number of pyridine rings is 2. The number of fused-ring (bicyclic) bond motifs is 4. The molecule has 0 spiro atoms. The van der Waals surface area contributed by atoms with Gasteiger partial charge >= 0.3 is 0 Å². The van der Waals surface area contributed by atoms with Crippen LogP contribution in [0.1, 0.15) is 17.9 Å². The molecule has 1 N–H and O–H groups in total. The Balaban J connectivity index is 1.52. The third-order valence-corrected chi connectivity index (χ3v) is 5.11. The van der Waals surface area contributed by atoms with E-state index in [1.807, 2.05) is 24.7 Å². The molecular weight excluding hydrogens is 310 g/mol. The van der Waals surface area contributed by atoms with Crippen molar-refractivity contribution in [3.05, 3.63) is 60.4 Å². The van der Waals surface area contributed by atoms with Crippen molar-refractivity contribution in [2.24, 2.45) is 0 Å². The van der Waals surface area contributed by atoms with Crippen LogP contribution in [-0.2, 0) is 13.0 Å². The average Bonchev–Trinajstić information content (AvgIpc) is 3.02. The summed E-state index contributed by atoms with van der Waals surface area (Å²) in [6, 6.07) is 10.7. The van der Waals surface area contributed by atoms with Gasteiger partial charge in [-0.15, -0.1) is 0 Å². The maximum atomic E-state index is 4.58. The molecule has 25 heavy (non-hydrogen) atoms. The summed E-state index contributed by atoms with van der Waals surface area (Å²) in [5.74, 6) is 1.17. The summed E-state index contributed by atoms with van der Waals surface area (Å²) in [4.78, 5) is 13.7. The molecule has 0 bridgehead atoms. The smallest absolute Gasteiger partial charge is 0.110 e. The van der Waals surface area contributed by atoms with Crippen LogP contribution < -0.4 is 5.32 Å². The van der Waals surface area contributed by atoms with Crippen molar-refractivity contribution in [2.45, 2.75) is 32.4 Å². The number of rotatable bonds is 2. The summed E-state index contributed by atoms with van der Waals surface area (Å²) in [6.07, 6.45) is 7.71. The van der Waals surface area contributed by atoms with E-state index in [-0.39, 0.29) is 0 Å². The molecule has 5 nitrogen and oxygen atoms in total. The van der Waals surface area contributed by atoms with Crippen molar-refractivity contribution in [3.8, 4) is 0 Å². The van der Waals surface area contributed by atoms with Gasteiger partial charge in [0.2, 0.25) is 0 Å². The van der Waals surface area contributed by atoms with E-state index in [9.17, 15) is 0 Å². The maximum absolute atomic E-state index is 4.58. The van der Waals surface area contributed by atoms with E-state index in [2.05, 4.69) is 56.0 Å². The summed E-state index contributed by atoms with van der Waals surface area (Å²) in [6.45, 7) is 3.14. The van der Waals surface area contributed by atoms with Gasteiger partial charge in [-0.25, -0.2) is 4.98 Å². The molecular formula is C20H19N5. The molecule has 4 aromatic rings. The molecule has 0 radical (unpaired) electrons. The first-order valence-corrected chi connectivity index (χ1v) is 8.69. The van der Waals surface area contributed by atoms with E-state index in [4.69, 9.17) is 0 Å². The summed E-state index contributed by atoms with van der Waals surface area (Å²) in [5, 5.41) is 5.96. The highest BCUT2D eigenvalue weighted by Crippen LogP contribution is 2.29. The van der Waals surface area contributed by atoms with Crippen LogP contribution in [0, 0.1) is 6.92 Å². The van der Waals surface area contributed by atoms with Crippen LogP contribution in [0.2, 0.25) is 0 Å². The first-order valence-electron chi connectivity index (χ1n) is 8.69. The summed E-state index contributed by atoms with van der Waals surface area (Å²) in [5.41, 5.74) is 4.29. The van der Waals surface area contributed by atoms with Gasteiger partial charge in [-0.1, -0.05) is 12.1 Å². The fourth-order valence-electron chi connectivity index (χ4n) is 3.81. The van der Waals surface area contributed by atoms with E-state index in [1.54, 1.807) is 0 Å². The molecule has 0 fully saturated rings. The van der Waals surface area contributed by atoms with Gasteiger partial charge in [0.15, 0.2) is 0 Å². The topological polar surface area (TPSA) is 55.6 Å². The number of hydrogen-bond donors (Lipinski definition) is 1. The molecule has 1 aliphatic heterocycles. The normalized spacial score (nSPS) is 16.9. The summed E-state index contributed by atoms with van der Waals surface area (Å²) >= 11 is 0. The van der Waals surface area contributed by atoms with Crippen LogP contribution >= 0.6 is 0 Å². The summed E-state index contributed by atoms with van der Waals surface area (Å²) in [7, 11) is 0. The van der Waals surface area contributed by atoms with E-state index in [0.717, 1.165) is 46.9 Å². The highest BCUT2D eigenvalue weighted by Gasteiger charge is 2.21. The fraction of sp³-hybridized carbons (Fsp3) is 0.250. The third kappa shape index (κ3) is 2.35. The van der Waals surface area contributed by atoms with Crippen molar-refractivity contribution >= 4 is 27.5 Å². The van der Waals surface area contributed by atoms with E-state index >= 15 is 0 Å². The SMILES string of the molecule is Cc1cnc2n1CCC(Nc1ccnc3c1ccc1cccnc13)C2. The fourth-order valence-corrected chi connectivity index (χ4v) is 3.81. The Morgan fingerprint density at radius 3 is 2.92 bits per heavy atom. The van der Waals surface area contributed by atoms with Gasteiger partial charge in [-0.3, -0.25) is 9.97 Å². The lowest BCUT2D eigenvalue weighted by Crippen LogP contribution is -2.30. The number of aryl methyl sites for hydroxylation is 1. The monoisotopic (exact) mass is 329 g/mol. The van der Waals surface area contributed by atoms with Crippen molar-refractivity contribution in [1.29, 1.82) is 0 Å². The van der Waals surface area contributed by atoms with Crippen LogP contribution in [-0.4, -0.2) is 25.6 Å². The Labute approximate surface area is 145 Å². The largest absolute Gasteiger partial charge is 0.381 e. The van der Waals surface area contributed by atoms with Gasteiger partial charge in [0.05, 0.1) is 11.0 Å². The van der Waals surface area contributed by atoms with Crippen molar-refractivity contribution in [2.75, 3.05) is 5.32 Å². The van der Waals surface area contributed by atoms with Gasteiger partial charge in [0, 0.05) is 59.8 Å². The Morgan fingerprint density at radius 2 is 1.96 bits per heavy atom. The molecule has 1 aliphatic rings. The molecule has 0 aliphatic carbocycles. The zero-order valence-corrected chi connectivity index (χ0v) is 14.1. The lowest BCUT2D eigenvalue weighted by molar-refractivity contribution is 0.478. The second-order valence-corrected chi connectivity index (χ2v) is 6.70. The summed E-state index contributed by atoms with van der Waals surface area (Å²) < 4.78 is 2.32. The highest BCUT2D eigenvalue weighted by molar-refractivity contribution is 6.07. The number of nitrogens with zero attached hydrogens (tertiary/aromatic N) is 4. The Bertz CT molecular complexity index is 1080. The minimum Gasteiger partial charge on any atom is -0.381 e. The van der Waals surface area contributed by atoms with E-state index in [1.165, 1.54) is 11.5 Å². The lowest BCUT2D eigenvalue weighted by Gasteiger charge is -2.26. The number of anilines is 1. The van der Waals surface area contributed by atoms with Gasteiger partial charge in [-0.05, 0) is 31.5 Å². The van der Waals surface area contributed by atoms with Gasteiger partial charge in [0.25, 0.3) is 0 Å². The lowest BCUT2D eigenvalue weighted by atomic mass is 10.0. The standard InChI is InChI=1S/C20H19N5/c1-13-12-23-18-11-15(7-10-25(13)18)24-17-6-9-22-20-16(17)5-4-14-3-2-8-21-19(14)20/h2-6,8-9,12,15H,7,10-11H2,1H3,(H,22,24). The Hall–Kier alpha value is -2.95. The first-order chi connectivity index (χ1) is 12.3. The van der Waals surface area contributed by atoms with Crippen LogP contribution in [0.4, 0.5) is 5.69 Å². The second kappa shape index (κ2) is 5.55.